The second-order valence-electron chi connectivity index (χ2n) is 4.75. The van der Waals surface area contributed by atoms with Gasteiger partial charge in [-0.2, -0.15) is 0 Å². The van der Waals surface area contributed by atoms with Crippen molar-refractivity contribution in [1.29, 1.82) is 0 Å². The zero-order valence-electron chi connectivity index (χ0n) is 12.5. The third kappa shape index (κ3) is 3.27. The van der Waals surface area contributed by atoms with Gasteiger partial charge in [0.15, 0.2) is 11.2 Å². The van der Waals surface area contributed by atoms with Crippen molar-refractivity contribution in [3.63, 3.8) is 0 Å². The highest BCUT2D eigenvalue weighted by molar-refractivity contribution is 6.31. The quantitative estimate of drug-likeness (QED) is 0.836. The summed E-state index contributed by atoms with van der Waals surface area (Å²) >= 11 is 5.88. The Balaban J connectivity index is 3.02. The number of aliphatic carboxylic acids is 1. The summed E-state index contributed by atoms with van der Waals surface area (Å²) in [5.74, 6) is -1.40. The Labute approximate surface area is 136 Å². The van der Waals surface area contributed by atoms with Gasteiger partial charge in [-0.1, -0.05) is 18.5 Å². The Morgan fingerprint density at radius 1 is 1.39 bits per heavy atom. The minimum Gasteiger partial charge on any atom is -0.491 e. The molecule has 2 aromatic rings. The molecule has 0 aliphatic carbocycles. The molecule has 1 aromatic carbocycles. The van der Waals surface area contributed by atoms with Crippen molar-refractivity contribution in [3.05, 3.63) is 54.9 Å². The highest BCUT2D eigenvalue weighted by atomic mass is 35.5. The molecule has 2 rings (SSSR count). The van der Waals surface area contributed by atoms with Crippen LogP contribution in [0.3, 0.4) is 0 Å². The Kier molecular flexibility index (Phi) is 4.86. The highest BCUT2D eigenvalue weighted by Gasteiger charge is 2.15. The van der Waals surface area contributed by atoms with Crippen LogP contribution in [0, 0.1) is 0 Å². The first-order valence-electron chi connectivity index (χ1n) is 6.76. The molecule has 0 fully saturated rings. The van der Waals surface area contributed by atoms with Crippen LogP contribution in [0.1, 0.15) is 18.9 Å². The summed E-state index contributed by atoms with van der Waals surface area (Å²) in [5, 5.41) is 9.72. The van der Waals surface area contributed by atoms with E-state index in [1.807, 2.05) is 0 Å². The maximum atomic E-state index is 12.7. The number of aromatic nitrogens is 1. The zero-order chi connectivity index (χ0) is 17.1. The van der Waals surface area contributed by atoms with E-state index in [1.165, 1.54) is 31.4 Å². The largest absolute Gasteiger partial charge is 0.491 e. The average Bonchev–Trinajstić information content (AvgIpc) is 2.59. The van der Waals surface area contributed by atoms with Crippen molar-refractivity contribution in [1.82, 2.24) is 4.98 Å². The topological polar surface area (TPSA) is 96.5 Å². The van der Waals surface area contributed by atoms with Gasteiger partial charge in [-0.25, -0.2) is 4.79 Å². The first-order chi connectivity index (χ1) is 10.9. The van der Waals surface area contributed by atoms with Crippen LogP contribution in [-0.2, 0) is 4.79 Å². The highest BCUT2D eigenvalue weighted by Crippen LogP contribution is 2.19. The molecule has 23 heavy (non-hydrogen) atoms. The smallest absolute Gasteiger partial charge is 0.331 e. The number of hydrogen-bond acceptors (Lipinski definition) is 4. The van der Waals surface area contributed by atoms with Crippen molar-refractivity contribution in [2.75, 3.05) is 7.11 Å². The number of carboxylic acid groups (broad SMARTS) is 1. The van der Waals surface area contributed by atoms with Crippen molar-refractivity contribution < 1.29 is 14.6 Å². The zero-order valence-corrected chi connectivity index (χ0v) is 13.2. The molecule has 0 atom stereocenters. The minimum absolute atomic E-state index is 0.00638. The lowest BCUT2D eigenvalue weighted by Gasteiger charge is -2.01. The van der Waals surface area contributed by atoms with Gasteiger partial charge < -0.3 is 14.8 Å². The molecule has 1 heterocycles. The van der Waals surface area contributed by atoms with Crippen LogP contribution in [0.25, 0.3) is 17.0 Å². The van der Waals surface area contributed by atoms with E-state index < -0.39 is 17.0 Å². The Hall–Kier alpha value is -2.60. The summed E-state index contributed by atoms with van der Waals surface area (Å²) in [6, 6.07) is 4.44. The van der Waals surface area contributed by atoms with Gasteiger partial charge in [0, 0.05) is 16.0 Å². The molecule has 0 aliphatic rings. The first-order valence-corrected chi connectivity index (χ1v) is 7.14. The monoisotopic (exact) mass is 335 g/mol. The molecule has 6 nitrogen and oxygen atoms in total. The molecule has 7 heteroatoms. The lowest BCUT2D eigenvalue weighted by atomic mass is 10.1. The van der Waals surface area contributed by atoms with Crippen LogP contribution in [0.15, 0.2) is 33.4 Å². The third-order valence-electron chi connectivity index (χ3n) is 3.35. The molecule has 0 radical (unpaired) electrons. The van der Waals surface area contributed by atoms with Crippen molar-refractivity contribution >= 4 is 34.5 Å². The molecule has 0 aliphatic heterocycles. The number of fused-ring (bicyclic) bond motifs is 1. The second kappa shape index (κ2) is 6.66. The van der Waals surface area contributed by atoms with Gasteiger partial charge in [0.1, 0.15) is 0 Å². The van der Waals surface area contributed by atoms with E-state index in [0.29, 0.717) is 5.02 Å². The molecule has 120 valence electrons. The number of rotatable bonds is 4. The van der Waals surface area contributed by atoms with Crippen LogP contribution >= 0.6 is 11.6 Å². The number of halogens is 1. The fourth-order valence-electron chi connectivity index (χ4n) is 2.19. The van der Waals surface area contributed by atoms with Gasteiger partial charge in [0.05, 0.1) is 18.2 Å². The Bertz CT molecular complexity index is 930. The average molecular weight is 336 g/mol. The second-order valence-corrected chi connectivity index (χ2v) is 5.18. The first kappa shape index (κ1) is 16.8. The van der Waals surface area contributed by atoms with Gasteiger partial charge in [0.25, 0.3) is 5.56 Å². The van der Waals surface area contributed by atoms with Crippen LogP contribution < -0.4 is 15.7 Å². The molecule has 0 unspecified atom stereocenters. The number of ether oxygens (including phenoxy) is 1. The Morgan fingerprint density at radius 3 is 2.65 bits per heavy atom. The summed E-state index contributed by atoms with van der Waals surface area (Å²) in [6.45, 7) is 1.64. The molecule has 0 saturated heterocycles. The lowest BCUT2D eigenvalue weighted by Crippen LogP contribution is -2.11. The van der Waals surface area contributed by atoms with Crippen molar-refractivity contribution in [2.24, 2.45) is 0 Å². The van der Waals surface area contributed by atoms with E-state index in [4.69, 9.17) is 21.4 Å². The van der Waals surface area contributed by atoms with E-state index in [9.17, 15) is 14.4 Å². The molecule has 2 N–H and O–H groups in total. The number of hydrogen-bond donors (Lipinski definition) is 2. The summed E-state index contributed by atoms with van der Waals surface area (Å²) in [6.07, 6.45) is 1.37. The number of carbonyl (C=O) groups is 1. The molecular formula is C16H14ClNO5. The van der Waals surface area contributed by atoms with Crippen LogP contribution in [-0.4, -0.2) is 23.2 Å². The van der Waals surface area contributed by atoms with E-state index in [0.717, 1.165) is 0 Å². The number of carboxylic acids is 1. The normalized spacial score (nSPS) is 11.5. The minimum atomic E-state index is -1.16. The van der Waals surface area contributed by atoms with Crippen LogP contribution in [0.5, 0.6) is 5.75 Å². The standard InChI is InChI=1S/C16H14ClNO5/c1-3-8(16(21)22)6-11-13(19)10-5-4-9(17)7-12(10)18-15(20)14(11)23-2/h4-7H,3H2,1-2H3,(H,18,20)(H,21,22)/b8-6+. The summed E-state index contributed by atoms with van der Waals surface area (Å²) < 4.78 is 5.03. The summed E-state index contributed by atoms with van der Waals surface area (Å²) in [7, 11) is 1.24. The van der Waals surface area contributed by atoms with E-state index in [-0.39, 0.29) is 34.2 Å². The molecule has 0 saturated carbocycles. The van der Waals surface area contributed by atoms with Gasteiger partial charge in [-0.15, -0.1) is 0 Å². The van der Waals surface area contributed by atoms with Gasteiger partial charge >= 0.3 is 5.97 Å². The van der Waals surface area contributed by atoms with E-state index in [1.54, 1.807) is 6.92 Å². The fraction of sp³-hybridized carbons (Fsp3) is 0.188. The summed E-state index contributed by atoms with van der Waals surface area (Å²) in [5.41, 5.74) is -1.02. The fourth-order valence-corrected chi connectivity index (χ4v) is 2.36. The van der Waals surface area contributed by atoms with Gasteiger partial charge in [-0.3, -0.25) is 9.59 Å². The van der Waals surface area contributed by atoms with Crippen LogP contribution in [0.4, 0.5) is 0 Å². The van der Waals surface area contributed by atoms with Crippen LogP contribution in [0.2, 0.25) is 5.02 Å². The number of H-pyrrole nitrogens is 1. The SMILES string of the molecule is CC/C(=C\c1c(OC)c(=O)[nH]c2cc(Cl)ccc2c1=O)C(=O)O. The molecule has 0 amide bonds. The number of methoxy groups -OCH3 is 1. The predicted molar refractivity (Wildman–Crippen MR) is 88.3 cm³/mol. The van der Waals surface area contributed by atoms with Crippen molar-refractivity contribution in [3.8, 4) is 5.75 Å². The third-order valence-corrected chi connectivity index (χ3v) is 3.58. The number of benzene rings is 1. The lowest BCUT2D eigenvalue weighted by molar-refractivity contribution is -0.132. The Morgan fingerprint density at radius 2 is 2.09 bits per heavy atom. The molecule has 1 aromatic heterocycles. The number of nitrogens with one attached hydrogen (secondary N) is 1. The van der Waals surface area contributed by atoms with E-state index in [2.05, 4.69) is 4.98 Å². The summed E-state index contributed by atoms with van der Waals surface area (Å²) in [4.78, 5) is 38.7. The van der Waals surface area contributed by atoms with Gasteiger partial charge in [0.2, 0.25) is 0 Å². The van der Waals surface area contributed by atoms with Crippen molar-refractivity contribution in [2.45, 2.75) is 13.3 Å². The van der Waals surface area contributed by atoms with E-state index >= 15 is 0 Å². The van der Waals surface area contributed by atoms with Gasteiger partial charge in [-0.05, 0) is 30.7 Å². The molecular weight excluding hydrogens is 322 g/mol. The molecule has 0 spiro atoms. The maximum Gasteiger partial charge on any atom is 0.331 e. The number of aromatic amines is 1. The molecule has 0 bridgehead atoms. The predicted octanol–water partition coefficient (Wildman–Crippen LogP) is 2.43. The maximum absolute atomic E-state index is 12.7.